The molecule has 1 saturated heterocycles. The first-order valence-electron chi connectivity index (χ1n) is 8.31. The summed E-state index contributed by atoms with van der Waals surface area (Å²) in [5.74, 6) is 1.74. The number of aliphatic hydroxyl groups excluding tert-OH is 1. The molecule has 2 aliphatic rings. The van der Waals surface area contributed by atoms with Gasteiger partial charge in [-0.2, -0.15) is 0 Å². The van der Waals surface area contributed by atoms with E-state index < -0.39 is 0 Å². The summed E-state index contributed by atoms with van der Waals surface area (Å²) >= 11 is 1.70. The fraction of sp³-hybridized carbons (Fsp3) is 0.389. The van der Waals surface area contributed by atoms with Gasteiger partial charge in [-0.05, 0) is 43.0 Å². The predicted molar refractivity (Wildman–Crippen MR) is 96.6 cm³/mol. The largest absolute Gasteiger partial charge is 0.508 e. The number of aliphatic hydroxyl groups is 1. The van der Waals surface area contributed by atoms with Gasteiger partial charge in [0.25, 0.3) is 0 Å². The molecule has 126 valence electrons. The van der Waals surface area contributed by atoms with Gasteiger partial charge in [-0.1, -0.05) is 17.8 Å². The third-order valence-electron chi connectivity index (χ3n) is 4.77. The fourth-order valence-electron chi connectivity index (χ4n) is 3.26. The predicted octanol–water partition coefficient (Wildman–Crippen LogP) is 3.21. The zero-order valence-electron chi connectivity index (χ0n) is 13.4. The van der Waals surface area contributed by atoms with Crippen molar-refractivity contribution in [1.29, 1.82) is 0 Å². The van der Waals surface area contributed by atoms with Gasteiger partial charge in [-0.15, -0.1) is 0 Å². The van der Waals surface area contributed by atoms with Crippen LogP contribution in [0.5, 0.6) is 5.75 Å². The topological polar surface area (TPSA) is 68.6 Å². The molecule has 1 aromatic carbocycles. The third kappa shape index (κ3) is 3.03. The first-order valence-corrected chi connectivity index (χ1v) is 9.19. The molecule has 0 spiro atoms. The molecule has 4 rings (SSSR count). The van der Waals surface area contributed by atoms with Gasteiger partial charge in [0.2, 0.25) is 0 Å². The number of pyridine rings is 1. The Morgan fingerprint density at radius 1 is 1.21 bits per heavy atom. The van der Waals surface area contributed by atoms with Crippen LogP contribution in [0.15, 0.2) is 41.4 Å². The van der Waals surface area contributed by atoms with Crippen molar-refractivity contribution in [2.24, 2.45) is 5.92 Å². The summed E-state index contributed by atoms with van der Waals surface area (Å²) in [7, 11) is 0. The van der Waals surface area contributed by atoms with Crippen LogP contribution in [0, 0.1) is 5.92 Å². The number of aromatic hydroxyl groups is 1. The van der Waals surface area contributed by atoms with Crippen molar-refractivity contribution in [1.82, 2.24) is 4.98 Å². The molecule has 6 heteroatoms. The number of phenolic OH excluding ortho intramolecular Hbond substituents is 1. The Morgan fingerprint density at radius 2 is 2.04 bits per heavy atom. The molecular weight excluding hydrogens is 322 g/mol. The first kappa shape index (κ1) is 15.6. The summed E-state index contributed by atoms with van der Waals surface area (Å²) in [5, 5.41) is 22.4. The molecule has 0 aliphatic carbocycles. The Bertz CT molecular complexity index is 715. The monoisotopic (exact) mass is 343 g/mol. The SMILES string of the molecule is OCC1CCN(c2ccc(C3Nc4ccc(O)cc4S3)cn2)CC1. The minimum absolute atomic E-state index is 0.128. The fourth-order valence-corrected chi connectivity index (χ4v) is 4.42. The van der Waals surface area contributed by atoms with Crippen LogP contribution in [0.4, 0.5) is 11.5 Å². The minimum Gasteiger partial charge on any atom is -0.508 e. The first-order chi connectivity index (χ1) is 11.7. The number of benzene rings is 1. The van der Waals surface area contributed by atoms with E-state index in [2.05, 4.69) is 27.3 Å². The van der Waals surface area contributed by atoms with Gasteiger partial charge in [-0.25, -0.2) is 4.98 Å². The number of fused-ring (bicyclic) bond motifs is 1. The Hall–Kier alpha value is -1.92. The van der Waals surface area contributed by atoms with Crippen molar-refractivity contribution in [3.63, 3.8) is 0 Å². The number of thioether (sulfide) groups is 1. The molecule has 2 aromatic rings. The summed E-state index contributed by atoms with van der Waals surface area (Å²) < 4.78 is 0. The highest BCUT2D eigenvalue weighted by molar-refractivity contribution is 8.00. The number of hydrogen-bond acceptors (Lipinski definition) is 6. The molecule has 0 radical (unpaired) electrons. The third-order valence-corrected chi connectivity index (χ3v) is 5.98. The van der Waals surface area contributed by atoms with E-state index in [1.54, 1.807) is 23.9 Å². The molecule has 0 saturated carbocycles. The van der Waals surface area contributed by atoms with Crippen LogP contribution < -0.4 is 10.2 Å². The van der Waals surface area contributed by atoms with E-state index in [9.17, 15) is 10.2 Å². The molecule has 3 heterocycles. The van der Waals surface area contributed by atoms with Crippen LogP contribution in [0.25, 0.3) is 0 Å². The van der Waals surface area contributed by atoms with E-state index in [1.165, 1.54) is 0 Å². The Balaban J connectivity index is 1.44. The van der Waals surface area contributed by atoms with Crippen LogP contribution in [-0.2, 0) is 0 Å². The minimum atomic E-state index is 0.128. The number of phenols is 1. The quantitative estimate of drug-likeness (QED) is 0.744. The van der Waals surface area contributed by atoms with Gasteiger partial charge in [0, 0.05) is 42.0 Å². The maximum atomic E-state index is 9.60. The van der Waals surface area contributed by atoms with Crippen LogP contribution >= 0.6 is 11.8 Å². The molecule has 24 heavy (non-hydrogen) atoms. The van der Waals surface area contributed by atoms with Crippen LogP contribution in [0.3, 0.4) is 0 Å². The zero-order chi connectivity index (χ0) is 16.5. The number of nitrogens with one attached hydrogen (secondary N) is 1. The summed E-state index contributed by atoms with van der Waals surface area (Å²) in [4.78, 5) is 7.99. The van der Waals surface area contributed by atoms with Crippen LogP contribution in [0.2, 0.25) is 0 Å². The highest BCUT2D eigenvalue weighted by Crippen LogP contribution is 2.47. The molecule has 3 N–H and O–H groups in total. The van der Waals surface area contributed by atoms with Gasteiger partial charge < -0.3 is 20.4 Å². The van der Waals surface area contributed by atoms with Crippen LogP contribution in [0.1, 0.15) is 23.8 Å². The van der Waals surface area contributed by atoms with E-state index >= 15 is 0 Å². The van der Waals surface area contributed by atoms with E-state index in [4.69, 9.17) is 0 Å². The molecule has 0 bridgehead atoms. The maximum Gasteiger partial charge on any atom is 0.128 e. The highest BCUT2D eigenvalue weighted by Gasteiger charge is 2.24. The lowest BCUT2D eigenvalue weighted by Crippen LogP contribution is -2.35. The Labute approximate surface area is 145 Å². The molecule has 1 fully saturated rings. The van der Waals surface area contributed by atoms with E-state index in [1.807, 2.05) is 12.3 Å². The Kier molecular flexibility index (Phi) is 4.24. The molecule has 5 nitrogen and oxygen atoms in total. The summed E-state index contributed by atoms with van der Waals surface area (Å²) in [6.45, 7) is 2.21. The lowest BCUT2D eigenvalue weighted by molar-refractivity contribution is 0.203. The highest BCUT2D eigenvalue weighted by atomic mass is 32.2. The maximum absolute atomic E-state index is 9.60. The smallest absolute Gasteiger partial charge is 0.128 e. The molecule has 2 aliphatic heterocycles. The van der Waals surface area contributed by atoms with Gasteiger partial charge in [0.15, 0.2) is 0 Å². The lowest BCUT2D eigenvalue weighted by atomic mass is 9.98. The summed E-state index contributed by atoms with van der Waals surface area (Å²) in [6.07, 6.45) is 3.99. The number of piperidine rings is 1. The summed E-state index contributed by atoms with van der Waals surface area (Å²) in [6, 6.07) is 9.60. The standard InChI is InChI=1S/C18H21N3O2S/c22-11-12-5-7-21(8-6-12)17-4-1-13(10-19-17)18-20-15-3-2-14(23)9-16(15)24-18/h1-4,9-10,12,18,20,22-23H,5-8,11H2. The van der Waals surface area contributed by atoms with Crippen LogP contribution in [-0.4, -0.2) is 34.9 Å². The zero-order valence-corrected chi connectivity index (χ0v) is 14.2. The van der Waals surface area contributed by atoms with Crippen molar-refractivity contribution >= 4 is 23.3 Å². The van der Waals surface area contributed by atoms with E-state index in [-0.39, 0.29) is 5.37 Å². The number of nitrogens with zero attached hydrogens (tertiary/aromatic N) is 2. The van der Waals surface area contributed by atoms with Gasteiger partial charge in [-0.3, -0.25) is 0 Å². The summed E-state index contributed by atoms with van der Waals surface area (Å²) in [5.41, 5.74) is 2.18. The average molecular weight is 343 g/mol. The van der Waals surface area contributed by atoms with E-state index in [0.29, 0.717) is 18.3 Å². The van der Waals surface area contributed by atoms with Crippen molar-refractivity contribution in [3.05, 3.63) is 42.1 Å². The molecule has 1 unspecified atom stereocenters. The van der Waals surface area contributed by atoms with Gasteiger partial charge in [0.05, 0.1) is 0 Å². The number of hydrogen-bond donors (Lipinski definition) is 3. The second-order valence-electron chi connectivity index (χ2n) is 6.39. The van der Waals surface area contributed by atoms with E-state index in [0.717, 1.165) is 47.9 Å². The number of anilines is 2. The van der Waals surface area contributed by atoms with Crippen molar-refractivity contribution in [2.45, 2.75) is 23.1 Å². The van der Waals surface area contributed by atoms with Gasteiger partial charge >= 0.3 is 0 Å². The molecular formula is C18H21N3O2S. The number of aromatic nitrogens is 1. The van der Waals surface area contributed by atoms with Crippen molar-refractivity contribution in [3.8, 4) is 5.75 Å². The normalized spacial score (nSPS) is 20.7. The van der Waals surface area contributed by atoms with Gasteiger partial charge in [0.1, 0.15) is 16.9 Å². The molecule has 1 atom stereocenters. The van der Waals surface area contributed by atoms with Crippen molar-refractivity contribution < 1.29 is 10.2 Å². The second kappa shape index (κ2) is 6.53. The molecule has 1 aromatic heterocycles. The lowest BCUT2D eigenvalue weighted by Gasteiger charge is -2.32. The Morgan fingerprint density at radius 3 is 2.75 bits per heavy atom. The molecule has 0 amide bonds. The average Bonchev–Trinajstić information content (AvgIpc) is 3.05. The van der Waals surface area contributed by atoms with Crippen molar-refractivity contribution in [2.75, 3.05) is 29.9 Å². The number of rotatable bonds is 3. The second-order valence-corrected chi connectivity index (χ2v) is 7.53.